The van der Waals surface area contributed by atoms with E-state index >= 15 is 0 Å². The van der Waals surface area contributed by atoms with Crippen LogP contribution in [0.5, 0.6) is 0 Å². The molecule has 60 valence electrons. The molecule has 0 aliphatic carbocycles. The van der Waals surface area contributed by atoms with Crippen molar-refractivity contribution >= 4 is 0 Å². The van der Waals surface area contributed by atoms with Crippen LogP contribution in [0.4, 0.5) is 0 Å². The van der Waals surface area contributed by atoms with Crippen LogP contribution in [0.25, 0.3) is 0 Å². The highest BCUT2D eigenvalue weighted by Crippen LogP contribution is 2.19. The Morgan fingerprint density at radius 2 is 2.00 bits per heavy atom. The van der Waals surface area contributed by atoms with Gasteiger partial charge < -0.3 is 10.6 Å². The number of rotatable bonds is 0. The zero-order chi connectivity index (χ0) is 7.61. The molecule has 1 rings (SSSR count). The summed E-state index contributed by atoms with van der Waals surface area (Å²) < 4.78 is 0. The fourth-order valence-corrected chi connectivity index (χ4v) is 1.22. The molecule has 0 spiro atoms. The molecule has 2 nitrogen and oxygen atoms in total. The zero-order valence-corrected chi connectivity index (χ0v) is 7.20. The topological polar surface area (TPSA) is 24.1 Å². The highest BCUT2D eigenvalue weighted by Gasteiger charge is 2.20. The summed E-state index contributed by atoms with van der Waals surface area (Å²) in [6, 6.07) is 0. The number of nitrogens with one attached hydrogen (secondary N) is 2. The van der Waals surface area contributed by atoms with Crippen LogP contribution in [0.15, 0.2) is 0 Å². The van der Waals surface area contributed by atoms with Gasteiger partial charge in [0.05, 0.1) is 6.17 Å². The van der Waals surface area contributed by atoms with Crippen molar-refractivity contribution in [3.05, 3.63) is 0 Å². The maximum Gasteiger partial charge on any atom is 0.0542 e. The fourth-order valence-electron chi connectivity index (χ4n) is 1.22. The summed E-state index contributed by atoms with van der Waals surface area (Å²) in [6.45, 7) is 9.04. The van der Waals surface area contributed by atoms with Gasteiger partial charge in [-0.25, -0.2) is 0 Å². The van der Waals surface area contributed by atoms with Crippen LogP contribution in [-0.4, -0.2) is 19.3 Å². The van der Waals surface area contributed by atoms with Crippen LogP contribution in [0, 0.1) is 5.41 Å². The predicted octanol–water partition coefficient (Wildman–Crippen LogP) is 0.942. The lowest BCUT2D eigenvalue weighted by molar-refractivity contribution is 0.338. The molecule has 10 heavy (non-hydrogen) atoms. The summed E-state index contributed by atoms with van der Waals surface area (Å²) in [6.07, 6.45) is 1.76. The van der Waals surface area contributed by atoms with Crippen molar-refractivity contribution in [1.29, 1.82) is 0 Å². The lowest BCUT2D eigenvalue weighted by Crippen LogP contribution is -2.39. The molecule has 1 aliphatic heterocycles. The average Bonchev–Trinajstić information content (AvgIpc) is 1.94. The van der Waals surface area contributed by atoms with Crippen LogP contribution < -0.4 is 10.6 Å². The normalized spacial score (nSPS) is 33.3. The van der Waals surface area contributed by atoms with Gasteiger partial charge in [-0.05, 0) is 25.3 Å². The van der Waals surface area contributed by atoms with Crippen molar-refractivity contribution in [3.63, 3.8) is 0 Å². The van der Waals surface area contributed by atoms with Crippen LogP contribution in [0.2, 0.25) is 0 Å². The first-order valence-corrected chi connectivity index (χ1v) is 4.07. The van der Waals surface area contributed by atoms with Gasteiger partial charge in [0.25, 0.3) is 0 Å². The van der Waals surface area contributed by atoms with E-state index in [1.165, 1.54) is 6.42 Å². The summed E-state index contributed by atoms with van der Waals surface area (Å²) in [4.78, 5) is 0. The lowest BCUT2D eigenvalue weighted by atomic mass is 9.90. The van der Waals surface area contributed by atoms with E-state index in [2.05, 4.69) is 31.4 Å². The number of hydrogen-bond donors (Lipinski definition) is 2. The van der Waals surface area contributed by atoms with Gasteiger partial charge in [0, 0.05) is 6.54 Å². The van der Waals surface area contributed by atoms with E-state index in [4.69, 9.17) is 0 Å². The van der Waals surface area contributed by atoms with E-state index < -0.39 is 0 Å². The first-order valence-electron chi connectivity index (χ1n) is 4.07. The van der Waals surface area contributed by atoms with E-state index in [9.17, 15) is 0 Å². The Hall–Kier alpha value is -0.0800. The van der Waals surface area contributed by atoms with Crippen molar-refractivity contribution in [1.82, 2.24) is 10.6 Å². The molecule has 1 unspecified atom stereocenters. The smallest absolute Gasteiger partial charge is 0.0542 e. The molecule has 1 saturated heterocycles. The van der Waals surface area contributed by atoms with Gasteiger partial charge in [-0.15, -0.1) is 0 Å². The monoisotopic (exact) mass is 142 g/mol. The highest BCUT2D eigenvalue weighted by atomic mass is 15.1. The minimum absolute atomic E-state index is 0.470. The molecule has 1 atom stereocenters. The largest absolute Gasteiger partial charge is 0.302 e. The zero-order valence-electron chi connectivity index (χ0n) is 7.20. The van der Waals surface area contributed by atoms with E-state index in [0.717, 1.165) is 13.1 Å². The summed E-state index contributed by atoms with van der Waals surface area (Å²) in [7, 11) is 0. The molecular formula is C8H18N2. The molecule has 2 N–H and O–H groups in total. The van der Waals surface area contributed by atoms with Gasteiger partial charge in [-0.3, -0.25) is 0 Å². The third kappa shape index (κ3) is 2.27. The van der Waals surface area contributed by atoms with Crippen molar-refractivity contribution in [2.45, 2.75) is 33.4 Å². The van der Waals surface area contributed by atoms with Crippen LogP contribution in [0.3, 0.4) is 0 Å². The van der Waals surface area contributed by atoms with Gasteiger partial charge in [0.15, 0.2) is 0 Å². The Kier molecular flexibility index (Phi) is 2.32. The molecule has 1 aliphatic rings. The Morgan fingerprint density at radius 1 is 1.30 bits per heavy atom. The summed E-state index contributed by atoms with van der Waals surface area (Å²) >= 11 is 0. The van der Waals surface area contributed by atoms with E-state index in [1.54, 1.807) is 0 Å². The van der Waals surface area contributed by atoms with Crippen molar-refractivity contribution in [2.24, 2.45) is 5.41 Å². The molecule has 0 aromatic heterocycles. The van der Waals surface area contributed by atoms with Gasteiger partial charge >= 0.3 is 0 Å². The van der Waals surface area contributed by atoms with Gasteiger partial charge in [-0.1, -0.05) is 13.8 Å². The van der Waals surface area contributed by atoms with Crippen molar-refractivity contribution < 1.29 is 0 Å². The predicted molar refractivity (Wildman–Crippen MR) is 43.9 cm³/mol. The van der Waals surface area contributed by atoms with Crippen LogP contribution in [0.1, 0.15) is 27.2 Å². The summed E-state index contributed by atoms with van der Waals surface area (Å²) in [5, 5.41) is 6.81. The summed E-state index contributed by atoms with van der Waals surface area (Å²) in [5.74, 6) is 0. The Bertz CT molecular complexity index is 110. The minimum Gasteiger partial charge on any atom is -0.302 e. The molecular weight excluding hydrogens is 124 g/mol. The molecule has 0 amide bonds. The molecule has 2 heteroatoms. The first kappa shape index (κ1) is 8.02. The van der Waals surface area contributed by atoms with E-state index in [0.29, 0.717) is 11.6 Å². The van der Waals surface area contributed by atoms with E-state index in [1.807, 2.05) is 0 Å². The third-order valence-corrected chi connectivity index (χ3v) is 2.14. The molecule has 1 fully saturated rings. The highest BCUT2D eigenvalue weighted by molar-refractivity contribution is 4.77. The van der Waals surface area contributed by atoms with Crippen molar-refractivity contribution in [2.75, 3.05) is 13.1 Å². The molecule has 0 bridgehead atoms. The third-order valence-electron chi connectivity index (χ3n) is 2.14. The van der Waals surface area contributed by atoms with Gasteiger partial charge in [0.1, 0.15) is 0 Å². The summed E-state index contributed by atoms with van der Waals surface area (Å²) in [5.41, 5.74) is 0.470. The van der Waals surface area contributed by atoms with Gasteiger partial charge in [-0.2, -0.15) is 0 Å². The second-order valence-corrected chi connectivity index (χ2v) is 3.97. The quantitative estimate of drug-likeness (QED) is 0.526. The molecule has 0 aromatic carbocycles. The van der Waals surface area contributed by atoms with Crippen LogP contribution >= 0.6 is 0 Å². The van der Waals surface area contributed by atoms with E-state index in [-0.39, 0.29) is 0 Å². The second kappa shape index (κ2) is 2.89. The van der Waals surface area contributed by atoms with Crippen molar-refractivity contribution in [3.8, 4) is 0 Å². The Labute approximate surface area is 63.4 Å². The lowest BCUT2D eigenvalue weighted by Gasteiger charge is -2.21. The van der Waals surface area contributed by atoms with Gasteiger partial charge in [0.2, 0.25) is 0 Å². The fraction of sp³-hybridized carbons (Fsp3) is 1.00. The second-order valence-electron chi connectivity index (χ2n) is 3.97. The Morgan fingerprint density at radius 3 is 2.70 bits per heavy atom. The SMILES string of the molecule is CC1NCCC(C)(C)CN1. The Balaban J connectivity index is 2.41. The maximum atomic E-state index is 3.42. The molecule has 0 aromatic rings. The molecule has 0 radical (unpaired) electrons. The number of hydrogen-bond acceptors (Lipinski definition) is 2. The minimum atomic E-state index is 0.470. The van der Waals surface area contributed by atoms with Crippen LogP contribution in [-0.2, 0) is 0 Å². The molecule has 0 saturated carbocycles. The maximum absolute atomic E-state index is 3.42. The standard InChI is InChI=1S/C8H18N2/c1-7-9-5-4-8(2,3)6-10-7/h7,9-10H,4-6H2,1-3H3. The first-order chi connectivity index (χ1) is 4.60. The molecule has 1 heterocycles. The average molecular weight is 142 g/mol.